The van der Waals surface area contributed by atoms with Gasteiger partial charge in [-0.3, -0.25) is 4.79 Å². The molecule has 1 heterocycles. The average Bonchev–Trinajstić information content (AvgIpc) is 2.85. The number of pyridine rings is 1. The van der Waals surface area contributed by atoms with E-state index < -0.39 is 5.91 Å². The monoisotopic (exact) mass is 248 g/mol. The number of aromatic nitrogens is 1. The van der Waals surface area contributed by atoms with Crippen LogP contribution in [0.1, 0.15) is 43.0 Å². The summed E-state index contributed by atoms with van der Waals surface area (Å²) in [5.74, 6) is 0.201. The van der Waals surface area contributed by atoms with Crippen LogP contribution in [0, 0.1) is 0 Å². The average molecular weight is 248 g/mol. The van der Waals surface area contributed by atoms with Crippen molar-refractivity contribution in [2.75, 3.05) is 17.2 Å². The predicted octanol–water partition coefficient (Wildman–Crippen LogP) is 1.53. The highest BCUT2D eigenvalue weighted by atomic mass is 16.1. The van der Waals surface area contributed by atoms with Gasteiger partial charge in [-0.15, -0.1) is 0 Å². The molecule has 0 aliphatic heterocycles. The Morgan fingerprint density at radius 2 is 2.17 bits per heavy atom. The molecule has 0 bridgehead atoms. The summed E-state index contributed by atoms with van der Waals surface area (Å²) >= 11 is 0. The fourth-order valence-electron chi connectivity index (χ4n) is 2.68. The molecule has 0 aromatic carbocycles. The van der Waals surface area contributed by atoms with E-state index in [9.17, 15) is 4.79 Å². The normalized spacial score (nSPS) is 15.8. The minimum Gasteiger partial charge on any atom is -0.397 e. The quantitative estimate of drug-likeness (QED) is 0.846. The Morgan fingerprint density at radius 1 is 1.50 bits per heavy atom. The third kappa shape index (κ3) is 2.39. The lowest BCUT2D eigenvalue weighted by molar-refractivity contribution is 0.100. The Morgan fingerprint density at radius 3 is 2.72 bits per heavy atom. The van der Waals surface area contributed by atoms with Crippen molar-refractivity contribution >= 4 is 17.4 Å². The molecule has 5 nitrogen and oxygen atoms in total. The van der Waals surface area contributed by atoms with Gasteiger partial charge in [-0.1, -0.05) is 12.8 Å². The van der Waals surface area contributed by atoms with E-state index in [-0.39, 0.29) is 0 Å². The molecule has 1 aromatic heterocycles. The molecule has 1 aliphatic carbocycles. The maximum atomic E-state index is 11.5. The second kappa shape index (κ2) is 5.25. The third-order valence-electron chi connectivity index (χ3n) is 3.53. The number of hydrogen-bond acceptors (Lipinski definition) is 4. The van der Waals surface area contributed by atoms with Gasteiger partial charge in [0.05, 0.1) is 17.4 Å². The number of nitrogen functional groups attached to an aromatic ring is 1. The van der Waals surface area contributed by atoms with Crippen molar-refractivity contribution in [1.29, 1.82) is 0 Å². The number of rotatable bonds is 4. The zero-order chi connectivity index (χ0) is 13.1. The Labute approximate surface area is 107 Å². The van der Waals surface area contributed by atoms with Gasteiger partial charge in [0.2, 0.25) is 0 Å². The second-order valence-electron chi connectivity index (χ2n) is 4.73. The smallest absolute Gasteiger partial charge is 0.252 e. The number of anilines is 2. The van der Waals surface area contributed by atoms with E-state index >= 15 is 0 Å². The lowest BCUT2D eigenvalue weighted by Gasteiger charge is -2.30. The molecule has 4 N–H and O–H groups in total. The molecule has 98 valence electrons. The van der Waals surface area contributed by atoms with E-state index in [1.807, 2.05) is 0 Å². The van der Waals surface area contributed by atoms with E-state index in [1.54, 1.807) is 12.3 Å². The molecular formula is C13H20N4O. The van der Waals surface area contributed by atoms with Crippen molar-refractivity contribution in [3.05, 3.63) is 17.8 Å². The first-order valence-corrected chi connectivity index (χ1v) is 6.45. The zero-order valence-electron chi connectivity index (χ0n) is 10.7. The van der Waals surface area contributed by atoms with Crippen molar-refractivity contribution in [2.45, 2.75) is 38.6 Å². The first-order chi connectivity index (χ1) is 8.63. The Bertz CT molecular complexity index is 441. The van der Waals surface area contributed by atoms with Crippen LogP contribution in [0.3, 0.4) is 0 Å². The second-order valence-corrected chi connectivity index (χ2v) is 4.73. The number of carbonyl (C=O) groups excluding carboxylic acids is 1. The third-order valence-corrected chi connectivity index (χ3v) is 3.53. The fourth-order valence-corrected chi connectivity index (χ4v) is 2.68. The first kappa shape index (κ1) is 12.7. The SMILES string of the molecule is CCN(c1ncc(N)cc1C(N)=O)C1CCCC1. The molecule has 0 saturated heterocycles. The van der Waals surface area contributed by atoms with E-state index in [4.69, 9.17) is 11.5 Å². The van der Waals surface area contributed by atoms with Crippen LogP contribution >= 0.6 is 0 Å². The van der Waals surface area contributed by atoms with Crippen LogP contribution in [-0.4, -0.2) is 23.5 Å². The number of carbonyl (C=O) groups is 1. The number of nitrogens with two attached hydrogens (primary N) is 2. The van der Waals surface area contributed by atoms with Gasteiger partial charge in [0.1, 0.15) is 5.82 Å². The van der Waals surface area contributed by atoms with Gasteiger partial charge in [0.25, 0.3) is 5.91 Å². The zero-order valence-corrected chi connectivity index (χ0v) is 10.7. The van der Waals surface area contributed by atoms with Crippen molar-refractivity contribution in [3.63, 3.8) is 0 Å². The highest BCUT2D eigenvalue weighted by molar-refractivity contribution is 5.98. The Hall–Kier alpha value is -1.78. The van der Waals surface area contributed by atoms with E-state index in [2.05, 4.69) is 16.8 Å². The van der Waals surface area contributed by atoms with E-state index in [0.29, 0.717) is 23.1 Å². The van der Waals surface area contributed by atoms with Gasteiger partial charge in [-0.05, 0) is 25.8 Å². The summed E-state index contributed by atoms with van der Waals surface area (Å²) in [6.07, 6.45) is 6.36. The van der Waals surface area contributed by atoms with Gasteiger partial charge in [-0.25, -0.2) is 4.98 Å². The highest BCUT2D eigenvalue weighted by Crippen LogP contribution is 2.29. The highest BCUT2D eigenvalue weighted by Gasteiger charge is 2.25. The van der Waals surface area contributed by atoms with Gasteiger partial charge < -0.3 is 16.4 Å². The first-order valence-electron chi connectivity index (χ1n) is 6.45. The molecule has 0 atom stereocenters. The minimum atomic E-state index is -0.471. The predicted molar refractivity (Wildman–Crippen MR) is 72.4 cm³/mol. The van der Waals surface area contributed by atoms with Crippen molar-refractivity contribution in [1.82, 2.24) is 4.98 Å². The van der Waals surface area contributed by atoms with Gasteiger partial charge >= 0.3 is 0 Å². The Kier molecular flexibility index (Phi) is 3.69. The van der Waals surface area contributed by atoms with Crippen molar-refractivity contribution in [3.8, 4) is 0 Å². The summed E-state index contributed by atoms with van der Waals surface area (Å²) in [7, 11) is 0. The molecule has 1 aromatic rings. The molecule has 1 amide bonds. The molecule has 0 unspecified atom stereocenters. The summed E-state index contributed by atoms with van der Waals surface area (Å²) < 4.78 is 0. The van der Waals surface area contributed by atoms with Gasteiger partial charge in [-0.2, -0.15) is 0 Å². The summed E-state index contributed by atoms with van der Waals surface area (Å²) in [6, 6.07) is 2.08. The maximum absolute atomic E-state index is 11.5. The van der Waals surface area contributed by atoms with Crippen LogP contribution in [0.5, 0.6) is 0 Å². The van der Waals surface area contributed by atoms with Crippen LogP contribution < -0.4 is 16.4 Å². The number of nitrogens with zero attached hydrogens (tertiary/aromatic N) is 2. The Balaban J connectivity index is 2.37. The summed E-state index contributed by atoms with van der Waals surface area (Å²) in [5.41, 5.74) is 12.0. The molecule has 1 aliphatic rings. The molecule has 2 rings (SSSR count). The van der Waals surface area contributed by atoms with Gasteiger partial charge in [0, 0.05) is 12.6 Å². The minimum absolute atomic E-state index is 0.420. The molecule has 1 saturated carbocycles. The fraction of sp³-hybridized carbons (Fsp3) is 0.538. The lowest BCUT2D eigenvalue weighted by Crippen LogP contribution is -2.35. The van der Waals surface area contributed by atoms with Crippen LogP contribution in [-0.2, 0) is 0 Å². The number of amides is 1. The maximum Gasteiger partial charge on any atom is 0.252 e. The molecule has 0 spiro atoms. The topological polar surface area (TPSA) is 85.2 Å². The molecule has 18 heavy (non-hydrogen) atoms. The standard InChI is InChI=1S/C13H20N4O/c1-2-17(10-5-3-4-6-10)13-11(12(15)18)7-9(14)8-16-13/h7-8,10H,2-6,14H2,1H3,(H2,15,18). The summed E-state index contributed by atoms with van der Waals surface area (Å²) in [5, 5.41) is 0. The number of primary amides is 1. The van der Waals surface area contributed by atoms with Crippen LogP contribution in [0.15, 0.2) is 12.3 Å². The lowest BCUT2D eigenvalue weighted by atomic mass is 10.1. The van der Waals surface area contributed by atoms with Crippen LogP contribution in [0.2, 0.25) is 0 Å². The molecular weight excluding hydrogens is 228 g/mol. The van der Waals surface area contributed by atoms with E-state index in [1.165, 1.54) is 12.8 Å². The largest absolute Gasteiger partial charge is 0.397 e. The van der Waals surface area contributed by atoms with Crippen molar-refractivity contribution < 1.29 is 4.79 Å². The summed E-state index contributed by atoms with van der Waals surface area (Å²) in [6.45, 7) is 2.89. The molecule has 0 radical (unpaired) electrons. The van der Waals surface area contributed by atoms with Crippen LogP contribution in [0.4, 0.5) is 11.5 Å². The molecule has 1 fully saturated rings. The number of hydrogen-bond donors (Lipinski definition) is 2. The molecule has 5 heteroatoms. The van der Waals surface area contributed by atoms with E-state index in [0.717, 1.165) is 19.4 Å². The van der Waals surface area contributed by atoms with Crippen LogP contribution in [0.25, 0.3) is 0 Å². The van der Waals surface area contributed by atoms with Gasteiger partial charge in [0.15, 0.2) is 0 Å². The van der Waals surface area contributed by atoms with Crippen molar-refractivity contribution in [2.24, 2.45) is 5.73 Å². The summed E-state index contributed by atoms with van der Waals surface area (Å²) in [4.78, 5) is 18.0.